The maximum atomic E-state index is 16.4. The first-order valence-corrected chi connectivity index (χ1v) is 32.4. The average molecular weight is 1290 g/mol. The highest BCUT2D eigenvalue weighted by molar-refractivity contribution is 7.48. The number of benzene rings is 7. The van der Waals surface area contributed by atoms with Gasteiger partial charge in [-0.1, -0.05) is 217 Å². The van der Waals surface area contributed by atoms with Crippen LogP contribution in [0.25, 0.3) is 10.4 Å². The summed E-state index contributed by atoms with van der Waals surface area (Å²) < 4.78 is 123. The SMILES string of the molecule is CO[C@@H]1O[C@H](COP(=O)(OCCC#N)OC(O[C@@H]2O[C@@H]3COC(c4ccccc4)O[C@@H]3[C@H](OC)[C@H]2N=[N+]=[N-])[C@H](OCc2ccccc2)[C@H](OCc2ccccc2)[C@@H](C)OCc2ccccc2)[C@@H](OCc2ccccc2)[C@H](OCc2ccccc2)[C@H]1OCc1ccccc1. The Kier molecular flexibility index (Phi) is 26.6. The van der Waals surface area contributed by atoms with Gasteiger partial charge in [0.15, 0.2) is 18.9 Å². The number of hydrogen-bond donors (Lipinski definition) is 0. The van der Waals surface area contributed by atoms with Gasteiger partial charge in [-0.05, 0) is 45.8 Å². The monoisotopic (exact) mass is 1290 g/mol. The van der Waals surface area contributed by atoms with Gasteiger partial charge in [-0.15, -0.1) is 0 Å². The van der Waals surface area contributed by atoms with Gasteiger partial charge in [-0.3, -0.25) is 13.6 Å². The van der Waals surface area contributed by atoms with E-state index >= 15 is 4.57 Å². The van der Waals surface area contributed by atoms with Crippen LogP contribution in [-0.2, 0) is 119 Å². The molecule has 3 aliphatic rings. The summed E-state index contributed by atoms with van der Waals surface area (Å²) in [6.45, 7) is 1.23. The van der Waals surface area contributed by atoms with Gasteiger partial charge in [0, 0.05) is 24.7 Å². The van der Waals surface area contributed by atoms with Crippen LogP contribution < -0.4 is 0 Å². The molecule has 0 radical (unpaired) electrons. The van der Waals surface area contributed by atoms with Crippen LogP contribution in [0, 0.1) is 11.3 Å². The number of rotatable bonds is 35. The number of methoxy groups -OCH3 is 2. The molecule has 3 aliphatic heterocycles. The minimum absolute atomic E-state index is 0.0238. The number of ether oxygens (including phenoxy) is 13. The van der Waals surface area contributed by atoms with Crippen molar-refractivity contribution in [3.63, 3.8) is 0 Å². The normalized spacial score (nSPS) is 24.8. The van der Waals surface area contributed by atoms with E-state index in [9.17, 15) is 10.8 Å². The fraction of sp³-hybridized carbons (Fsp3) is 0.394. The van der Waals surface area contributed by atoms with E-state index in [4.69, 9.17) is 75.2 Å². The lowest BCUT2D eigenvalue weighted by Gasteiger charge is -2.48. The van der Waals surface area contributed by atoms with E-state index in [-0.39, 0.29) is 52.7 Å². The molecule has 21 nitrogen and oxygen atoms in total. The molecule has 93 heavy (non-hydrogen) atoms. The number of nitrogens with zero attached hydrogens (tertiary/aromatic N) is 4. The standard InChI is InChI=1S/C71H79N4O17P/c1-50(79-42-51-26-11-4-12-27-51)61(80-43-52-28-13-5-14-29-52)66(83-46-55-34-19-8-20-35-55)71(91-69-60(74-75-73)64(77-2)63-58(88-69)48-85-68(90-63)57-38-23-10-24-39-57)92-93(76,86-41-25-40-72)87-49-59-62(81-44-53-30-15-6-16-31-53)65(82-45-54-32-17-7-18-33-54)67(70(78-3)89-59)84-47-56-36-21-9-22-37-56/h4-24,26-39,50,58-71H,25,41-49H2,1-3H3/t50-,58-,59-,60-,61-,62-,63+,64-,65+,66-,67-,68?,69+,70-,71?,93?/m1/s1. The van der Waals surface area contributed by atoms with Gasteiger partial charge in [-0.2, -0.15) is 5.26 Å². The second kappa shape index (κ2) is 36.0. The zero-order chi connectivity index (χ0) is 64.5. The molecular weight excluding hydrogens is 1210 g/mol. The molecule has 7 aromatic carbocycles. The minimum atomic E-state index is -5.15. The first kappa shape index (κ1) is 68.8. The Morgan fingerprint density at radius 2 is 1.03 bits per heavy atom. The van der Waals surface area contributed by atoms with E-state index in [1.54, 1.807) is 0 Å². The second-order valence-corrected chi connectivity index (χ2v) is 23.9. The summed E-state index contributed by atoms with van der Waals surface area (Å²) in [5.74, 6) is 0. The van der Waals surface area contributed by atoms with Crippen molar-refractivity contribution in [2.75, 3.05) is 34.0 Å². The van der Waals surface area contributed by atoms with Crippen LogP contribution in [0.1, 0.15) is 58.6 Å². The molecule has 7 aromatic rings. The molecule has 3 heterocycles. The van der Waals surface area contributed by atoms with E-state index in [0.29, 0.717) is 0 Å². The van der Waals surface area contributed by atoms with Crippen molar-refractivity contribution in [2.45, 2.75) is 145 Å². The number of azide groups is 1. The number of phosphoric acid groups is 1. The molecule has 0 aromatic heterocycles. The lowest BCUT2D eigenvalue weighted by atomic mass is 9.96. The number of hydrogen-bond acceptors (Lipinski definition) is 19. The van der Waals surface area contributed by atoms with Crippen LogP contribution in [0.15, 0.2) is 217 Å². The molecule has 0 N–H and O–H groups in total. The fourth-order valence-electron chi connectivity index (χ4n) is 11.1. The van der Waals surface area contributed by atoms with E-state index in [0.717, 1.165) is 38.9 Å². The van der Waals surface area contributed by atoms with Crippen LogP contribution >= 0.6 is 7.82 Å². The Balaban J connectivity index is 1.05. The Bertz CT molecular complexity index is 3410. The first-order chi connectivity index (χ1) is 45.7. The Labute approximate surface area is 542 Å². The lowest BCUT2D eigenvalue weighted by Crippen LogP contribution is -2.63. The van der Waals surface area contributed by atoms with Crippen molar-refractivity contribution in [3.8, 4) is 6.07 Å². The molecule has 3 unspecified atom stereocenters. The van der Waals surface area contributed by atoms with Crippen LogP contribution in [0.4, 0.5) is 0 Å². The average Bonchev–Trinajstić information content (AvgIpc) is 1.31. The minimum Gasteiger partial charge on any atom is -0.378 e. The third-order valence-electron chi connectivity index (χ3n) is 15.9. The highest BCUT2D eigenvalue weighted by atomic mass is 31.2. The predicted molar refractivity (Wildman–Crippen MR) is 340 cm³/mol. The Hall–Kier alpha value is -7.07. The van der Waals surface area contributed by atoms with Crippen LogP contribution in [0.2, 0.25) is 0 Å². The third kappa shape index (κ3) is 19.8. The number of nitriles is 1. The molecule has 490 valence electrons. The van der Waals surface area contributed by atoms with Crippen LogP contribution in [0.5, 0.6) is 0 Å². The largest absolute Gasteiger partial charge is 0.477 e. The van der Waals surface area contributed by atoms with Crippen molar-refractivity contribution in [2.24, 2.45) is 5.11 Å². The first-order valence-electron chi connectivity index (χ1n) is 31.0. The van der Waals surface area contributed by atoms with E-state index in [1.807, 2.05) is 219 Å². The molecule has 16 atom stereocenters. The molecule has 0 aliphatic carbocycles. The number of fused-ring (bicyclic) bond motifs is 1. The Morgan fingerprint density at radius 1 is 0.559 bits per heavy atom. The highest BCUT2D eigenvalue weighted by Crippen LogP contribution is 2.53. The molecule has 0 saturated carbocycles. The highest BCUT2D eigenvalue weighted by Gasteiger charge is 2.54. The molecule has 0 spiro atoms. The number of phosphoric ester groups is 1. The van der Waals surface area contributed by atoms with Crippen molar-refractivity contribution in [1.82, 2.24) is 0 Å². The quantitative estimate of drug-likeness (QED) is 0.00896. The van der Waals surface area contributed by atoms with Crippen molar-refractivity contribution in [3.05, 3.63) is 262 Å². The van der Waals surface area contributed by atoms with Crippen molar-refractivity contribution < 1.29 is 79.7 Å². The van der Waals surface area contributed by atoms with Gasteiger partial charge in [0.25, 0.3) is 0 Å². The molecular formula is C71H79N4O17P. The smallest absolute Gasteiger partial charge is 0.378 e. The zero-order valence-electron chi connectivity index (χ0n) is 52.1. The van der Waals surface area contributed by atoms with Crippen LogP contribution in [0.3, 0.4) is 0 Å². The summed E-state index contributed by atoms with van der Waals surface area (Å²) in [5.41, 5.74) is 16.1. The fourth-order valence-corrected chi connectivity index (χ4v) is 12.4. The predicted octanol–water partition coefficient (Wildman–Crippen LogP) is 12.8. The summed E-state index contributed by atoms with van der Waals surface area (Å²) in [7, 11) is -2.21. The molecule has 3 fully saturated rings. The van der Waals surface area contributed by atoms with E-state index < -0.39 is 113 Å². The summed E-state index contributed by atoms with van der Waals surface area (Å²) in [6.07, 6.45) is -16.0. The van der Waals surface area contributed by atoms with Gasteiger partial charge in [0.2, 0.25) is 6.29 Å². The maximum Gasteiger partial charge on any atom is 0.477 e. The summed E-state index contributed by atoms with van der Waals surface area (Å²) in [6, 6.07) is 67.4. The topological polar surface area (TPSA) is 237 Å². The molecule has 0 bridgehead atoms. The second-order valence-electron chi connectivity index (χ2n) is 22.3. The van der Waals surface area contributed by atoms with Gasteiger partial charge >= 0.3 is 7.82 Å². The maximum absolute atomic E-state index is 16.4. The van der Waals surface area contributed by atoms with E-state index in [1.165, 1.54) is 14.2 Å². The lowest BCUT2D eigenvalue weighted by molar-refractivity contribution is -0.366. The molecule has 0 amide bonds. The molecule has 3 saturated heterocycles. The summed E-state index contributed by atoms with van der Waals surface area (Å²) >= 11 is 0. The third-order valence-corrected chi connectivity index (χ3v) is 17.3. The Morgan fingerprint density at radius 3 is 1.53 bits per heavy atom. The summed E-state index contributed by atoms with van der Waals surface area (Å²) in [5, 5.41) is 14.2. The van der Waals surface area contributed by atoms with E-state index in [2.05, 4.69) is 16.1 Å². The van der Waals surface area contributed by atoms with Crippen molar-refractivity contribution in [1.29, 1.82) is 5.26 Å². The van der Waals surface area contributed by atoms with Crippen LogP contribution in [-0.4, -0.2) is 120 Å². The van der Waals surface area contributed by atoms with Crippen molar-refractivity contribution >= 4 is 7.82 Å². The summed E-state index contributed by atoms with van der Waals surface area (Å²) in [4.78, 5) is 3.25. The van der Waals surface area contributed by atoms with Gasteiger partial charge < -0.3 is 61.6 Å². The van der Waals surface area contributed by atoms with Gasteiger partial charge in [-0.25, -0.2) is 4.57 Å². The zero-order valence-corrected chi connectivity index (χ0v) is 53.0. The van der Waals surface area contributed by atoms with Gasteiger partial charge in [0.05, 0.1) is 84.2 Å². The van der Waals surface area contributed by atoms with Gasteiger partial charge in [0.1, 0.15) is 54.9 Å². The molecule has 22 heteroatoms. The molecule has 10 rings (SSSR count).